The second-order valence-corrected chi connectivity index (χ2v) is 14.8. The fourth-order valence-corrected chi connectivity index (χ4v) is 8.50. The topological polar surface area (TPSA) is 38.7 Å². The van der Waals surface area contributed by atoms with E-state index in [1.54, 1.807) is 0 Å². The van der Waals surface area contributed by atoms with Crippen LogP contribution >= 0.6 is 0 Å². The zero-order valence-corrected chi connectivity index (χ0v) is 31.5. The maximum Gasteiger partial charge on any atom is 0.164 e. The molecule has 0 saturated heterocycles. The van der Waals surface area contributed by atoms with Crippen molar-refractivity contribution in [3.05, 3.63) is 212 Å². The van der Waals surface area contributed by atoms with Crippen molar-refractivity contribution in [2.24, 2.45) is 0 Å². The SMILES string of the molecule is c1ccc(-c2nc(-c3ccccc3)nc(-c3cccc(-c4ccc5ccccc5c4-c4ccc(-c5ccc6c7ccccc7c7ccccc7c6c5)cc4)c3)n2)cc1. The zero-order chi connectivity index (χ0) is 38.4. The van der Waals surface area contributed by atoms with E-state index >= 15 is 0 Å². The van der Waals surface area contributed by atoms with Gasteiger partial charge in [0, 0.05) is 16.7 Å². The van der Waals surface area contributed by atoms with Gasteiger partial charge in [-0.2, -0.15) is 0 Å². The molecule has 0 radical (unpaired) electrons. The van der Waals surface area contributed by atoms with E-state index < -0.39 is 0 Å². The quantitative estimate of drug-likeness (QED) is 0.160. The van der Waals surface area contributed by atoms with Gasteiger partial charge in [-0.1, -0.05) is 200 Å². The van der Waals surface area contributed by atoms with Crippen LogP contribution in [-0.2, 0) is 0 Å². The Balaban J connectivity index is 1.02. The third-order valence-electron chi connectivity index (χ3n) is 11.3. The van der Waals surface area contributed by atoms with E-state index in [-0.39, 0.29) is 0 Å². The maximum atomic E-state index is 5.03. The Hall–Kier alpha value is -7.75. The number of hydrogen-bond acceptors (Lipinski definition) is 3. The van der Waals surface area contributed by atoms with Gasteiger partial charge >= 0.3 is 0 Å². The van der Waals surface area contributed by atoms with Gasteiger partial charge in [0.2, 0.25) is 0 Å². The van der Waals surface area contributed by atoms with E-state index in [1.807, 2.05) is 60.7 Å². The van der Waals surface area contributed by atoms with Gasteiger partial charge in [-0.05, 0) is 88.6 Å². The minimum absolute atomic E-state index is 0.636. The predicted molar refractivity (Wildman–Crippen MR) is 242 cm³/mol. The molecule has 3 heteroatoms. The highest BCUT2D eigenvalue weighted by molar-refractivity contribution is 6.25. The number of aromatic nitrogens is 3. The van der Waals surface area contributed by atoms with Crippen LogP contribution in [0.25, 0.3) is 111 Å². The van der Waals surface area contributed by atoms with E-state index in [0.717, 1.165) is 33.4 Å². The van der Waals surface area contributed by atoms with E-state index in [4.69, 9.17) is 15.0 Å². The molecule has 0 aliphatic heterocycles. The average Bonchev–Trinajstić information content (AvgIpc) is 3.31. The Bertz CT molecular complexity index is 3230. The number of rotatable bonds is 6. The molecule has 3 nitrogen and oxygen atoms in total. The summed E-state index contributed by atoms with van der Waals surface area (Å²) >= 11 is 0. The summed E-state index contributed by atoms with van der Waals surface area (Å²) in [5.74, 6) is 1.93. The molecule has 0 amide bonds. The second-order valence-electron chi connectivity index (χ2n) is 14.8. The van der Waals surface area contributed by atoms with Gasteiger partial charge in [0.05, 0.1) is 0 Å². The van der Waals surface area contributed by atoms with Crippen LogP contribution in [0.3, 0.4) is 0 Å². The van der Waals surface area contributed by atoms with Gasteiger partial charge in [0.1, 0.15) is 0 Å². The Morgan fingerprint density at radius 2 is 0.672 bits per heavy atom. The maximum absolute atomic E-state index is 5.03. The van der Waals surface area contributed by atoms with Crippen molar-refractivity contribution in [2.75, 3.05) is 0 Å². The van der Waals surface area contributed by atoms with Crippen molar-refractivity contribution in [1.29, 1.82) is 0 Å². The average molecular weight is 738 g/mol. The highest BCUT2D eigenvalue weighted by atomic mass is 15.0. The smallest absolute Gasteiger partial charge is 0.164 e. The Labute approximate surface area is 336 Å². The number of fused-ring (bicyclic) bond motifs is 7. The Morgan fingerprint density at radius 1 is 0.224 bits per heavy atom. The van der Waals surface area contributed by atoms with Gasteiger partial charge in [0.25, 0.3) is 0 Å². The van der Waals surface area contributed by atoms with Crippen LogP contribution in [0, 0.1) is 0 Å². The predicted octanol–water partition coefficient (Wildman–Crippen LogP) is 14.5. The summed E-state index contributed by atoms with van der Waals surface area (Å²) in [6.45, 7) is 0. The van der Waals surface area contributed by atoms with Crippen molar-refractivity contribution >= 4 is 43.1 Å². The monoisotopic (exact) mass is 737 g/mol. The lowest BCUT2D eigenvalue weighted by molar-refractivity contribution is 1.07. The summed E-state index contributed by atoms with van der Waals surface area (Å²) in [5, 5.41) is 10.1. The van der Waals surface area contributed by atoms with E-state index in [9.17, 15) is 0 Å². The molecule has 0 fully saturated rings. The highest BCUT2D eigenvalue weighted by Gasteiger charge is 2.17. The molecule has 0 aliphatic rings. The normalized spacial score (nSPS) is 11.4. The van der Waals surface area contributed by atoms with Crippen molar-refractivity contribution in [3.63, 3.8) is 0 Å². The minimum atomic E-state index is 0.636. The third kappa shape index (κ3) is 5.89. The molecule has 11 aromatic rings. The largest absolute Gasteiger partial charge is 0.208 e. The van der Waals surface area contributed by atoms with E-state index in [1.165, 1.54) is 59.8 Å². The van der Waals surface area contributed by atoms with Gasteiger partial charge in [0.15, 0.2) is 17.5 Å². The van der Waals surface area contributed by atoms with Crippen LogP contribution in [0.1, 0.15) is 0 Å². The van der Waals surface area contributed by atoms with Gasteiger partial charge in [-0.25, -0.2) is 15.0 Å². The molecular formula is C55H35N3. The van der Waals surface area contributed by atoms with Crippen LogP contribution in [0.5, 0.6) is 0 Å². The first kappa shape index (κ1) is 33.6. The lowest BCUT2D eigenvalue weighted by Gasteiger charge is -2.16. The number of nitrogens with zero attached hydrogens (tertiary/aromatic N) is 3. The summed E-state index contributed by atoms with van der Waals surface area (Å²) in [6.07, 6.45) is 0. The first-order chi connectivity index (χ1) is 28.7. The van der Waals surface area contributed by atoms with Crippen molar-refractivity contribution in [2.45, 2.75) is 0 Å². The zero-order valence-electron chi connectivity index (χ0n) is 31.5. The summed E-state index contributed by atoms with van der Waals surface area (Å²) in [6, 6.07) is 75.5. The van der Waals surface area contributed by atoms with Crippen LogP contribution in [0.2, 0.25) is 0 Å². The molecular weight excluding hydrogens is 703 g/mol. The van der Waals surface area contributed by atoms with E-state index in [2.05, 4.69) is 152 Å². The van der Waals surface area contributed by atoms with Crippen LogP contribution in [-0.4, -0.2) is 15.0 Å². The Kier molecular flexibility index (Phi) is 8.15. The fraction of sp³-hybridized carbons (Fsp3) is 0. The molecule has 0 unspecified atom stereocenters. The van der Waals surface area contributed by atoms with Crippen molar-refractivity contribution < 1.29 is 0 Å². The summed E-state index contributed by atoms with van der Waals surface area (Å²) in [7, 11) is 0. The summed E-state index contributed by atoms with van der Waals surface area (Å²) in [5.41, 5.74) is 9.82. The molecule has 0 saturated carbocycles. The molecule has 270 valence electrons. The fourth-order valence-electron chi connectivity index (χ4n) is 8.50. The molecule has 11 rings (SSSR count). The summed E-state index contributed by atoms with van der Waals surface area (Å²) < 4.78 is 0. The highest BCUT2D eigenvalue weighted by Crippen LogP contribution is 2.41. The van der Waals surface area contributed by atoms with E-state index in [0.29, 0.717) is 17.5 Å². The second kappa shape index (κ2) is 14.1. The molecule has 1 aromatic heterocycles. The molecule has 0 spiro atoms. The van der Waals surface area contributed by atoms with Crippen LogP contribution < -0.4 is 0 Å². The lowest BCUT2D eigenvalue weighted by Crippen LogP contribution is -2.00. The number of benzene rings is 10. The molecule has 58 heavy (non-hydrogen) atoms. The van der Waals surface area contributed by atoms with Crippen LogP contribution in [0.4, 0.5) is 0 Å². The van der Waals surface area contributed by atoms with Crippen LogP contribution in [0.15, 0.2) is 212 Å². The number of hydrogen-bond donors (Lipinski definition) is 0. The van der Waals surface area contributed by atoms with Crippen molar-refractivity contribution in [3.8, 4) is 67.5 Å². The molecule has 0 atom stereocenters. The van der Waals surface area contributed by atoms with Gasteiger partial charge in [-0.15, -0.1) is 0 Å². The Morgan fingerprint density at radius 3 is 1.29 bits per heavy atom. The van der Waals surface area contributed by atoms with Crippen molar-refractivity contribution in [1.82, 2.24) is 15.0 Å². The lowest BCUT2D eigenvalue weighted by atomic mass is 9.88. The molecule has 10 aromatic carbocycles. The first-order valence-corrected chi connectivity index (χ1v) is 19.7. The molecule has 0 aliphatic carbocycles. The van der Waals surface area contributed by atoms with Gasteiger partial charge in [-0.3, -0.25) is 0 Å². The summed E-state index contributed by atoms with van der Waals surface area (Å²) in [4.78, 5) is 15.0. The minimum Gasteiger partial charge on any atom is -0.208 e. The third-order valence-corrected chi connectivity index (χ3v) is 11.3. The molecule has 0 N–H and O–H groups in total. The first-order valence-electron chi connectivity index (χ1n) is 19.7. The molecule has 0 bridgehead atoms. The standard InChI is InChI=1S/C55H35N3/c1-3-15-39(16-4-1)53-56-54(40-17-5-2-6-18-40)58-55(57-53)43-20-13-19-42(34-43)45-32-30-37-14-7-8-21-44(37)52(45)38-28-26-36(27-29-38)41-31-33-50-48-24-10-9-22-46(48)47-23-11-12-25-49(47)51(50)35-41/h1-35H. The van der Waals surface area contributed by atoms with Gasteiger partial charge < -0.3 is 0 Å². The molecule has 1 heterocycles.